The van der Waals surface area contributed by atoms with E-state index in [2.05, 4.69) is 11.1 Å². The van der Waals surface area contributed by atoms with Crippen molar-refractivity contribution < 1.29 is 19.1 Å². The van der Waals surface area contributed by atoms with E-state index < -0.39 is 17.4 Å². The van der Waals surface area contributed by atoms with Gasteiger partial charge in [0.1, 0.15) is 0 Å². The Morgan fingerprint density at radius 3 is 2.17 bits per heavy atom. The number of pyridine rings is 1. The molecule has 2 rings (SSSR count). The molecule has 0 fully saturated rings. The number of carbonyl (C=O) groups excluding carboxylic acids is 2. The van der Waals surface area contributed by atoms with Crippen LogP contribution in [0.4, 0.5) is 0 Å². The Morgan fingerprint density at radius 2 is 1.67 bits per heavy atom. The Kier molecular flexibility index (Phi) is 5.23. The molecule has 0 radical (unpaired) electrons. The zero-order valence-corrected chi connectivity index (χ0v) is 14.6. The fraction of sp³-hybridized carbons (Fsp3) is 0.556. The van der Waals surface area contributed by atoms with Crippen molar-refractivity contribution in [2.24, 2.45) is 5.41 Å². The highest BCUT2D eigenvalue weighted by Crippen LogP contribution is 2.42. The number of nitrogens with zero attached hydrogens (tertiary/aromatic N) is 2. The molecular weight excluding hydrogens is 308 g/mol. The number of hydrogen-bond donors (Lipinski definition) is 0. The molecule has 0 atom stereocenters. The standard InChI is InChI=1S/C18H22N2O4/c1-5-23-16(21)18(17(22)24-6-2)9-13-11(3)15(7-8-19)20-12(4)14(13)10-18/h5-7,9-10H2,1-4H3. The first-order valence-electron chi connectivity index (χ1n) is 8.10. The van der Waals surface area contributed by atoms with Crippen molar-refractivity contribution in [3.8, 4) is 6.07 Å². The Balaban J connectivity index is 2.53. The molecule has 0 saturated carbocycles. The fourth-order valence-electron chi connectivity index (χ4n) is 3.27. The number of aryl methyl sites for hydroxylation is 1. The van der Waals surface area contributed by atoms with Gasteiger partial charge in [0.25, 0.3) is 0 Å². The Morgan fingerprint density at radius 1 is 1.12 bits per heavy atom. The SMILES string of the molecule is CCOC(=O)C1(C(=O)OCC)Cc2c(C)nc(CC#N)c(C)c2C1. The third-order valence-corrected chi connectivity index (χ3v) is 4.53. The van der Waals surface area contributed by atoms with E-state index >= 15 is 0 Å². The minimum Gasteiger partial charge on any atom is -0.465 e. The minimum atomic E-state index is -1.35. The van der Waals surface area contributed by atoms with E-state index in [1.54, 1.807) is 13.8 Å². The lowest BCUT2D eigenvalue weighted by Crippen LogP contribution is -2.43. The maximum absolute atomic E-state index is 12.6. The molecule has 1 heterocycles. The van der Waals surface area contributed by atoms with Crippen LogP contribution in [-0.4, -0.2) is 30.1 Å². The highest BCUT2D eigenvalue weighted by Gasteiger charge is 2.54. The second-order valence-corrected chi connectivity index (χ2v) is 5.94. The van der Waals surface area contributed by atoms with Gasteiger partial charge in [-0.05, 0) is 44.4 Å². The monoisotopic (exact) mass is 330 g/mol. The van der Waals surface area contributed by atoms with Crippen LogP contribution in [0, 0.1) is 30.6 Å². The van der Waals surface area contributed by atoms with E-state index in [1.807, 2.05) is 13.8 Å². The molecule has 6 nitrogen and oxygen atoms in total. The number of nitriles is 1. The maximum Gasteiger partial charge on any atom is 0.324 e. The van der Waals surface area contributed by atoms with Gasteiger partial charge in [-0.25, -0.2) is 0 Å². The third kappa shape index (κ3) is 2.86. The summed E-state index contributed by atoms with van der Waals surface area (Å²) in [4.78, 5) is 29.7. The first-order chi connectivity index (χ1) is 11.4. The predicted octanol–water partition coefficient (Wildman–Crippen LogP) is 1.98. The van der Waals surface area contributed by atoms with Gasteiger partial charge in [0.2, 0.25) is 0 Å². The Labute approximate surface area is 141 Å². The van der Waals surface area contributed by atoms with Crippen LogP contribution >= 0.6 is 0 Å². The summed E-state index contributed by atoms with van der Waals surface area (Å²) in [7, 11) is 0. The number of ether oxygens (including phenoxy) is 2. The molecule has 0 N–H and O–H groups in total. The molecule has 1 aromatic rings. The summed E-state index contributed by atoms with van der Waals surface area (Å²) in [6.45, 7) is 7.54. The molecule has 0 spiro atoms. The summed E-state index contributed by atoms with van der Waals surface area (Å²) < 4.78 is 10.3. The van der Waals surface area contributed by atoms with Gasteiger partial charge in [-0.1, -0.05) is 0 Å². The summed E-state index contributed by atoms with van der Waals surface area (Å²) in [5.41, 5.74) is 2.75. The number of rotatable bonds is 5. The smallest absolute Gasteiger partial charge is 0.324 e. The molecule has 0 saturated heterocycles. The van der Waals surface area contributed by atoms with Crippen LogP contribution in [0.5, 0.6) is 0 Å². The van der Waals surface area contributed by atoms with E-state index in [1.165, 1.54) is 0 Å². The maximum atomic E-state index is 12.6. The first-order valence-corrected chi connectivity index (χ1v) is 8.10. The predicted molar refractivity (Wildman–Crippen MR) is 86.1 cm³/mol. The molecule has 0 unspecified atom stereocenters. The zero-order chi connectivity index (χ0) is 17.9. The molecule has 1 aliphatic carbocycles. The summed E-state index contributed by atoms with van der Waals surface area (Å²) in [6.07, 6.45) is 0.659. The van der Waals surface area contributed by atoms with Crippen molar-refractivity contribution in [2.75, 3.05) is 13.2 Å². The number of fused-ring (bicyclic) bond motifs is 1. The van der Waals surface area contributed by atoms with Gasteiger partial charge in [-0.15, -0.1) is 0 Å². The lowest BCUT2D eigenvalue weighted by atomic mass is 9.84. The van der Waals surface area contributed by atoms with Crippen LogP contribution in [0.15, 0.2) is 0 Å². The summed E-state index contributed by atoms with van der Waals surface area (Å²) >= 11 is 0. The van der Waals surface area contributed by atoms with Gasteiger partial charge in [0.15, 0.2) is 5.41 Å². The Hall–Kier alpha value is -2.42. The molecular formula is C18H22N2O4. The van der Waals surface area contributed by atoms with Crippen LogP contribution in [-0.2, 0) is 38.3 Å². The van der Waals surface area contributed by atoms with Gasteiger partial charge in [0.05, 0.1) is 31.4 Å². The number of aromatic nitrogens is 1. The van der Waals surface area contributed by atoms with Crippen molar-refractivity contribution in [2.45, 2.75) is 47.0 Å². The molecule has 6 heteroatoms. The lowest BCUT2D eigenvalue weighted by Gasteiger charge is -2.24. The molecule has 0 amide bonds. The van der Waals surface area contributed by atoms with E-state index in [0.717, 1.165) is 22.4 Å². The first kappa shape index (κ1) is 17.9. The van der Waals surface area contributed by atoms with Crippen LogP contribution in [0.25, 0.3) is 0 Å². The van der Waals surface area contributed by atoms with Gasteiger partial charge in [-0.3, -0.25) is 14.6 Å². The van der Waals surface area contributed by atoms with Crippen LogP contribution in [0.3, 0.4) is 0 Å². The number of esters is 2. The molecule has 0 bridgehead atoms. The van der Waals surface area contributed by atoms with Crippen LogP contribution in [0.1, 0.15) is 41.9 Å². The van der Waals surface area contributed by atoms with E-state index in [-0.39, 0.29) is 32.5 Å². The fourth-order valence-corrected chi connectivity index (χ4v) is 3.27. The molecule has 0 aromatic carbocycles. The second-order valence-electron chi connectivity index (χ2n) is 5.94. The van der Waals surface area contributed by atoms with Crippen molar-refractivity contribution in [1.82, 2.24) is 4.98 Å². The Bertz CT molecular complexity index is 701. The van der Waals surface area contributed by atoms with Crippen molar-refractivity contribution in [3.05, 3.63) is 28.1 Å². The van der Waals surface area contributed by atoms with Gasteiger partial charge in [-0.2, -0.15) is 5.26 Å². The lowest BCUT2D eigenvalue weighted by molar-refractivity contribution is -0.171. The summed E-state index contributed by atoms with van der Waals surface area (Å²) in [6, 6.07) is 2.10. The molecule has 128 valence electrons. The minimum absolute atomic E-state index is 0.200. The molecule has 0 aliphatic heterocycles. The van der Waals surface area contributed by atoms with E-state index in [0.29, 0.717) is 5.69 Å². The quantitative estimate of drug-likeness (QED) is 0.606. The topological polar surface area (TPSA) is 89.3 Å². The van der Waals surface area contributed by atoms with Crippen molar-refractivity contribution >= 4 is 11.9 Å². The van der Waals surface area contributed by atoms with Crippen LogP contribution < -0.4 is 0 Å². The average molecular weight is 330 g/mol. The van der Waals surface area contributed by atoms with Crippen LogP contribution in [0.2, 0.25) is 0 Å². The largest absolute Gasteiger partial charge is 0.465 e. The summed E-state index contributed by atoms with van der Waals surface area (Å²) in [5, 5.41) is 8.96. The van der Waals surface area contributed by atoms with Gasteiger partial charge >= 0.3 is 11.9 Å². The highest BCUT2D eigenvalue weighted by molar-refractivity contribution is 6.01. The van der Waals surface area contributed by atoms with Gasteiger partial charge < -0.3 is 9.47 Å². The van der Waals surface area contributed by atoms with Gasteiger partial charge in [0, 0.05) is 18.5 Å². The summed E-state index contributed by atoms with van der Waals surface area (Å²) in [5.74, 6) is -1.11. The van der Waals surface area contributed by atoms with Crippen molar-refractivity contribution in [1.29, 1.82) is 5.26 Å². The molecule has 24 heavy (non-hydrogen) atoms. The normalized spacial score (nSPS) is 14.6. The van der Waals surface area contributed by atoms with Crippen molar-refractivity contribution in [3.63, 3.8) is 0 Å². The zero-order valence-electron chi connectivity index (χ0n) is 14.6. The number of hydrogen-bond acceptors (Lipinski definition) is 6. The van der Waals surface area contributed by atoms with E-state index in [9.17, 15) is 9.59 Å². The highest BCUT2D eigenvalue weighted by atomic mass is 16.6. The number of carbonyl (C=O) groups is 2. The van der Waals surface area contributed by atoms with E-state index in [4.69, 9.17) is 14.7 Å². The second kappa shape index (κ2) is 7.00. The molecule has 1 aliphatic rings. The third-order valence-electron chi connectivity index (χ3n) is 4.53. The molecule has 1 aromatic heterocycles. The average Bonchev–Trinajstić information content (AvgIpc) is 2.96.